The van der Waals surface area contributed by atoms with E-state index in [1.165, 1.54) is 0 Å². The monoisotopic (exact) mass is 460 g/mol. The van der Waals surface area contributed by atoms with Gasteiger partial charge in [0.1, 0.15) is 12.3 Å². The number of alkyl halides is 1. The van der Waals surface area contributed by atoms with Gasteiger partial charge in [0.25, 0.3) is 0 Å². The van der Waals surface area contributed by atoms with E-state index >= 15 is 0 Å². The Labute approximate surface area is 190 Å². The molecular weight excluding hydrogens is 438 g/mol. The SMILES string of the molecule is CC(Oc1cc(-c2ccc(C3CCNCC3F)nc2)cnc1N)c1cc(Cl)ccc1Cl. The molecule has 3 unspecified atom stereocenters. The van der Waals surface area contributed by atoms with Gasteiger partial charge in [-0.25, -0.2) is 9.37 Å². The van der Waals surface area contributed by atoms with Crippen LogP contribution in [0.2, 0.25) is 10.0 Å². The quantitative estimate of drug-likeness (QED) is 0.519. The molecule has 3 heterocycles. The molecule has 162 valence electrons. The lowest BCUT2D eigenvalue weighted by Crippen LogP contribution is -2.37. The summed E-state index contributed by atoms with van der Waals surface area (Å²) in [6.45, 7) is 3.03. The topological polar surface area (TPSA) is 73.1 Å². The van der Waals surface area contributed by atoms with E-state index in [0.717, 1.165) is 35.3 Å². The molecule has 1 aliphatic rings. The first-order valence-corrected chi connectivity index (χ1v) is 10.9. The number of pyridine rings is 2. The fraction of sp³-hybridized carbons (Fsp3) is 0.304. The molecule has 1 aliphatic heterocycles. The number of nitrogen functional groups attached to an aromatic ring is 1. The maximum Gasteiger partial charge on any atom is 0.166 e. The Kier molecular flexibility index (Phi) is 6.60. The van der Waals surface area contributed by atoms with Gasteiger partial charge < -0.3 is 15.8 Å². The number of ether oxygens (including phenoxy) is 1. The third-order valence-corrected chi connectivity index (χ3v) is 6.07. The standard InChI is InChI=1S/C23H23Cl2FN4O/c1-13(18-9-16(24)3-4-19(18)25)31-22-8-15(11-30-23(22)27)14-2-5-21(29-10-14)17-6-7-28-12-20(17)26/h2-5,8-11,13,17,20,28H,6-7,12H2,1H3,(H2,27,30). The summed E-state index contributed by atoms with van der Waals surface area (Å²) in [4.78, 5) is 8.78. The van der Waals surface area contributed by atoms with E-state index in [2.05, 4.69) is 15.3 Å². The van der Waals surface area contributed by atoms with E-state index < -0.39 is 6.17 Å². The number of aromatic nitrogens is 2. The Balaban J connectivity index is 1.55. The minimum Gasteiger partial charge on any atom is -0.482 e. The van der Waals surface area contributed by atoms with Gasteiger partial charge in [0.05, 0.1) is 0 Å². The van der Waals surface area contributed by atoms with Gasteiger partial charge in [0.2, 0.25) is 0 Å². The van der Waals surface area contributed by atoms with Gasteiger partial charge in [-0.1, -0.05) is 29.3 Å². The number of rotatable bonds is 5. The normalized spacial score (nSPS) is 19.7. The van der Waals surface area contributed by atoms with Crippen LogP contribution in [0, 0.1) is 0 Å². The van der Waals surface area contributed by atoms with Crippen molar-refractivity contribution in [2.75, 3.05) is 18.8 Å². The summed E-state index contributed by atoms with van der Waals surface area (Å²) in [6.07, 6.45) is 2.83. The van der Waals surface area contributed by atoms with E-state index in [1.807, 2.05) is 25.1 Å². The number of nitrogens with zero attached hydrogens (tertiary/aromatic N) is 2. The highest BCUT2D eigenvalue weighted by Gasteiger charge is 2.27. The summed E-state index contributed by atoms with van der Waals surface area (Å²) in [6, 6.07) is 10.8. The maximum atomic E-state index is 14.2. The van der Waals surface area contributed by atoms with Crippen molar-refractivity contribution in [1.29, 1.82) is 0 Å². The second-order valence-electron chi connectivity index (χ2n) is 7.62. The molecule has 0 amide bonds. The van der Waals surface area contributed by atoms with Crippen LogP contribution < -0.4 is 15.8 Å². The van der Waals surface area contributed by atoms with Crippen molar-refractivity contribution in [3.63, 3.8) is 0 Å². The van der Waals surface area contributed by atoms with Gasteiger partial charge in [-0.15, -0.1) is 0 Å². The Hall–Kier alpha value is -2.41. The van der Waals surface area contributed by atoms with Crippen LogP contribution in [0.5, 0.6) is 5.75 Å². The van der Waals surface area contributed by atoms with Gasteiger partial charge in [-0.05, 0) is 50.2 Å². The molecule has 4 rings (SSSR count). The lowest BCUT2D eigenvalue weighted by atomic mass is 9.92. The fourth-order valence-corrected chi connectivity index (χ4v) is 4.19. The van der Waals surface area contributed by atoms with Crippen LogP contribution in [0.25, 0.3) is 11.1 Å². The molecule has 8 heteroatoms. The average molecular weight is 461 g/mol. The fourth-order valence-electron chi connectivity index (χ4n) is 3.74. The highest BCUT2D eigenvalue weighted by molar-refractivity contribution is 6.33. The Bertz CT molecular complexity index is 1060. The van der Waals surface area contributed by atoms with Crippen molar-refractivity contribution in [2.45, 2.75) is 31.5 Å². The second-order valence-corrected chi connectivity index (χ2v) is 8.46. The van der Waals surface area contributed by atoms with Crippen molar-refractivity contribution in [1.82, 2.24) is 15.3 Å². The van der Waals surface area contributed by atoms with Crippen LogP contribution in [0.15, 0.2) is 48.8 Å². The first-order chi connectivity index (χ1) is 14.9. The minimum absolute atomic E-state index is 0.179. The first kappa shape index (κ1) is 21.8. The highest BCUT2D eigenvalue weighted by atomic mass is 35.5. The number of halogens is 3. The van der Waals surface area contributed by atoms with Crippen molar-refractivity contribution >= 4 is 29.0 Å². The van der Waals surface area contributed by atoms with E-state index in [1.54, 1.807) is 30.6 Å². The second kappa shape index (κ2) is 9.39. The van der Waals surface area contributed by atoms with Crippen molar-refractivity contribution in [2.24, 2.45) is 0 Å². The number of benzene rings is 1. The highest BCUT2D eigenvalue weighted by Crippen LogP contribution is 2.34. The van der Waals surface area contributed by atoms with Crippen molar-refractivity contribution < 1.29 is 9.13 Å². The molecule has 0 spiro atoms. The number of hydrogen-bond donors (Lipinski definition) is 2. The molecule has 31 heavy (non-hydrogen) atoms. The zero-order valence-electron chi connectivity index (χ0n) is 17.0. The molecule has 0 aliphatic carbocycles. The lowest BCUT2D eigenvalue weighted by Gasteiger charge is -2.26. The van der Waals surface area contributed by atoms with Crippen LogP contribution in [0.3, 0.4) is 0 Å². The zero-order chi connectivity index (χ0) is 22.0. The molecule has 3 atom stereocenters. The molecule has 5 nitrogen and oxygen atoms in total. The van der Waals surface area contributed by atoms with Crippen LogP contribution in [-0.4, -0.2) is 29.2 Å². The Morgan fingerprint density at radius 3 is 2.68 bits per heavy atom. The van der Waals surface area contributed by atoms with Crippen molar-refractivity contribution in [3.8, 4) is 16.9 Å². The summed E-state index contributed by atoms with van der Waals surface area (Å²) >= 11 is 12.4. The number of anilines is 1. The van der Waals surface area contributed by atoms with E-state index in [-0.39, 0.29) is 17.8 Å². The summed E-state index contributed by atoms with van der Waals surface area (Å²) in [5.41, 5.74) is 9.21. The molecule has 0 bridgehead atoms. The molecular formula is C23H23Cl2FN4O. The van der Waals surface area contributed by atoms with E-state index in [0.29, 0.717) is 22.3 Å². The number of piperidine rings is 1. The molecule has 0 radical (unpaired) electrons. The largest absolute Gasteiger partial charge is 0.482 e. The number of nitrogens with one attached hydrogen (secondary N) is 1. The summed E-state index contributed by atoms with van der Waals surface area (Å²) in [5.74, 6) is 0.530. The Morgan fingerprint density at radius 2 is 1.94 bits per heavy atom. The van der Waals surface area contributed by atoms with Crippen LogP contribution in [0.1, 0.15) is 36.6 Å². The average Bonchev–Trinajstić information content (AvgIpc) is 2.77. The molecule has 1 aromatic carbocycles. The van der Waals surface area contributed by atoms with Crippen LogP contribution in [-0.2, 0) is 0 Å². The van der Waals surface area contributed by atoms with Gasteiger partial charge in [-0.3, -0.25) is 4.98 Å². The maximum absolute atomic E-state index is 14.2. The first-order valence-electron chi connectivity index (χ1n) is 10.1. The third kappa shape index (κ3) is 4.92. The molecule has 3 N–H and O–H groups in total. The molecule has 0 saturated carbocycles. The lowest BCUT2D eigenvalue weighted by molar-refractivity contribution is 0.228. The predicted octanol–water partition coefficient (Wildman–Crippen LogP) is 5.59. The molecule has 1 fully saturated rings. The smallest absolute Gasteiger partial charge is 0.166 e. The molecule has 2 aromatic heterocycles. The summed E-state index contributed by atoms with van der Waals surface area (Å²) in [5, 5.41) is 4.20. The Morgan fingerprint density at radius 1 is 1.13 bits per heavy atom. The summed E-state index contributed by atoms with van der Waals surface area (Å²) in [7, 11) is 0. The van der Waals surface area contributed by atoms with E-state index in [4.69, 9.17) is 33.7 Å². The molecule has 1 saturated heterocycles. The van der Waals surface area contributed by atoms with Crippen LogP contribution in [0.4, 0.5) is 10.2 Å². The van der Waals surface area contributed by atoms with Gasteiger partial charge >= 0.3 is 0 Å². The van der Waals surface area contributed by atoms with Gasteiger partial charge in [0, 0.05) is 57.3 Å². The molecule has 3 aromatic rings. The predicted molar refractivity (Wildman–Crippen MR) is 123 cm³/mol. The third-order valence-electron chi connectivity index (χ3n) is 5.49. The zero-order valence-corrected chi connectivity index (χ0v) is 18.5. The van der Waals surface area contributed by atoms with Gasteiger partial charge in [0.15, 0.2) is 11.6 Å². The number of nitrogens with two attached hydrogens (primary N) is 1. The van der Waals surface area contributed by atoms with Gasteiger partial charge in [-0.2, -0.15) is 0 Å². The minimum atomic E-state index is -0.926. The van der Waals surface area contributed by atoms with Crippen LogP contribution >= 0.6 is 23.2 Å². The van der Waals surface area contributed by atoms with E-state index in [9.17, 15) is 4.39 Å². The summed E-state index contributed by atoms with van der Waals surface area (Å²) < 4.78 is 20.3. The number of hydrogen-bond acceptors (Lipinski definition) is 5. The van der Waals surface area contributed by atoms with Crippen molar-refractivity contribution in [3.05, 3.63) is 70.1 Å².